The summed E-state index contributed by atoms with van der Waals surface area (Å²) in [6.07, 6.45) is 0. The van der Waals surface area contributed by atoms with Gasteiger partial charge in [0.15, 0.2) is 10.6 Å². The van der Waals surface area contributed by atoms with Crippen LogP contribution in [-0.4, -0.2) is 20.7 Å². The maximum absolute atomic E-state index is 12.4. The van der Waals surface area contributed by atoms with Crippen molar-refractivity contribution >= 4 is 41.3 Å². The number of nitrogens with zero attached hydrogens (tertiary/aromatic N) is 2. The van der Waals surface area contributed by atoms with Crippen molar-refractivity contribution in [2.45, 2.75) is 19.9 Å². The van der Waals surface area contributed by atoms with Crippen LogP contribution < -0.4 is 5.32 Å². The third-order valence-electron chi connectivity index (χ3n) is 3.33. The number of rotatable bonds is 4. The van der Waals surface area contributed by atoms with Gasteiger partial charge in [0, 0.05) is 12.6 Å². The molecule has 1 atom stereocenters. The highest BCUT2D eigenvalue weighted by Crippen LogP contribution is 2.24. The first-order valence-electron chi connectivity index (χ1n) is 6.68. The number of hydrogen-bond acceptors (Lipinski definition) is 3. The average Bonchev–Trinajstić information content (AvgIpc) is 2.79. The Bertz CT molecular complexity index is 754. The summed E-state index contributed by atoms with van der Waals surface area (Å²) in [5, 5.41) is 10.6. The van der Waals surface area contributed by atoms with Crippen molar-refractivity contribution in [3.63, 3.8) is 0 Å². The van der Waals surface area contributed by atoms with E-state index in [1.165, 1.54) is 0 Å². The van der Waals surface area contributed by atoms with Crippen LogP contribution in [0.5, 0.6) is 0 Å². The zero-order chi connectivity index (χ0) is 16.4. The highest BCUT2D eigenvalue weighted by Gasteiger charge is 2.23. The van der Waals surface area contributed by atoms with Gasteiger partial charge in [0.1, 0.15) is 0 Å². The lowest BCUT2D eigenvalue weighted by atomic mass is 10.0. The molecule has 2 N–H and O–H groups in total. The molecule has 0 fully saturated rings. The molecule has 0 unspecified atom stereocenters. The van der Waals surface area contributed by atoms with Gasteiger partial charge >= 0.3 is 0 Å². The van der Waals surface area contributed by atoms with Gasteiger partial charge in [-0.25, -0.2) is 0 Å². The van der Waals surface area contributed by atoms with E-state index in [1.807, 2.05) is 20.9 Å². The quantitative estimate of drug-likeness (QED) is 0.814. The lowest BCUT2D eigenvalue weighted by Gasteiger charge is -2.21. The molecule has 0 saturated carbocycles. The predicted octanol–water partition coefficient (Wildman–Crippen LogP) is 3.91. The molecule has 1 aromatic carbocycles. The third-order valence-corrected chi connectivity index (χ3v) is 4.43. The zero-order valence-electron chi connectivity index (χ0n) is 12.4. The molecule has 0 radical (unpaired) electrons. The van der Waals surface area contributed by atoms with Gasteiger partial charge in [-0.1, -0.05) is 37.0 Å². The van der Waals surface area contributed by atoms with Gasteiger partial charge in [0.05, 0.1) is 16.1 Å². The second kappa shape index (κ2) is 6.81. The minimum absolute atomic E-state index is 0.135. The van der Waals surface area contributed by atoms with Crippen molar-refractivity contribution in [3.05, 3.63) is 44.4 Å². The molecule has 0 saturated heterocycles. The number of aromatic nitrogens is 3. The lowest BCUT2D eigenvalue weighted by molar-refractivity contribution is 0.0922. The molecule has 1 amide bonds. The van der Waals surface area contributed by atoms with Crippen LogP contribution in [0.4, 0.5) is 0 Å². The molecule has 5 nitrogen and oxygen atoms in total. The van der Waals surface area contributed by atoms with Crippen LogP contribution in [0.3, 0.4) is 0 Å². The Morgan fingerprint density at radius 2 is 2.05 bits per heavy atom. The maximum atomic E-state index is 12.4. The SMILES string of the molecule is CC(C)[C@H](NC(=O)c1ccc(Cl)c(Cl)c1)c1n[nH]c(=S)n1C. The number of benzene rings is 1. The van der Waals surface area contributed by atoms with E-state index in [0.717, 1.165) is 0 Å². The van der Waals surface area contributed by atoms with Crippen LogP contribution in [-0.2, 0) is 7.05 Å². The van der Waals surface area contributed by atoms with Crippen molar-refractivity contribution in [3.8, 4) is 0 Å². The van der Waals surface area contributed by atoms with Gasteiger partial charge in [-0.05, 0) is 36.3 Å². The summed E-state index contributed by atoms with van der Waals surface area (Å²) < 4.78 is 2.25. The summed E-state index contributed by atoms with van der Waals surface area (Å²) in [7, 11) is 1.81. The molecule has 0 bridgehead atoms. The van der Waals surface area contributed by atoms with Crippen LogP contribution in [0.25, 0.3) is 0 Å². The second-order valence-corrected chi connectivity index (χ2v) is 6.47. The number of carbonyl (C=O) groups is 1. The molecule has 1 aromatic heterocycles. The summed E-state index contributed by atoms with van der Waals surface area (Å²) in [5.74, 6) is 0.565. The Balaban J connectivity index is 2.28. The summed E-state index contributed by atoms with van der Waals surface area (Å²) in [4.78, 5) is 12.4. The summed E-state index contributed by atoms with van der Waals surface area (Å²) in [6, 6.07) is 4.49. The predicted molar refractivity (Wildman–Crippen MR) is 89.9 cm³/mol. The van der Waals surface area contributed by atoms with E-state index in [-0.39, 0.29) is 17.9 Å². The zero-order valence-corrected chi connectivity index (χ0v) is 14.7. The van der Waals surface area contributed by atoms with Crippen molar-refractivity contribution in [2.24, 2.45) is 13.0 Å². The molecule has 2 rings (SSSR count). The molecule has 118 valence electrons. The van der Waals surface area contributed by atoms with Crippen LogP contribution in [0.1, 0.15) is 36.1 Å². The Hall–Kier alpha value is -1.37. The fourth-order valence-electron chi connectivity index (χ4n) is 2.03. The molecule has 1 heterocycles. The Morgan fingerprint density at radius 1 is 1.36 bits per heavy atom. The second-order valence-electron chi connectivity index (χ2n) is 5.27. The first kappa shape index (κ1) is 17.0. The minimum atomic E-state index is -0.278. The topological polar surface area (TPSA) is 62.7 Å². The molecule has 22 heavy (non-hydrogen) atoms. The van der Waals surface area contributed by atoms with Crippen LogP contribution in [0.15, 0.2) is 18.2 Å². The fourth-order valence-corrected chi connectivity index (χ4v) is 2.47. The summed E-state index contributed by atoms with van der Waals surface area (Å²) >= 11 is 16.9. The lowest BCUT2D eigenvalue weighted by Crippen LogP contribution is -2.33. The van der Waals surface area contributed by atoms with Gasteiger partial charge in [0.2, 0.25) is 0 Å². The number of halogens is 2. The molecule has 0 aliphatic rings. The van der Waals surface area contributed by atoms with Gasteiger partial charge in [0.25, 0.3) is 5.91 Å². The van der Waals surface area contributed by atoms with Gasteiger partial charge in [-0.15, -0.1) is 0 Å². The number of nitrogens with one attached hydrogen (secondary N) is 2. The summed E-state index contributed by atoms with van der Waals surface area (Å²) in [5.41, 5.74) is 0.442. The van der Waals surface area contributed by atoms with E-state index in [4.69, 9.17) is 35.4 Å². The van der Waals surface area contributed by atoms with E-state index >= 15 is 0 Å². The average molecular weight is 359 g/mol. The highest BCUT2D eigenvalue weighted by molar-refractivity contribution is 7.71. The first-order chi connectivity index (χ1) is 10.3. The van der Waals surface area contributed by atoms with Crippen molar-refractivity contribution in [2.75, 3.05) is 0 Å². The number of H-pyrrole nitrogens is 1. The van der Waals surface area contributed by atoms with E-state index in [9.17, 15) is 4.79 Å². The van der Waals surface area contributed by atoms with Crippen molar-refractivity contribution in [1.29, 1.82) is 0 Å². The molecule has 8 heteroatoms. The molecule has 0 aliphatic carbocycles. The van der Waals surface area contributed by atoms with Crippen molar-refractivity contribution in [1.82, 2.24) is 20.1 Å². The van der Waals surface area contributed by atoms with E-state index < -0.39 is 0 Å². The van der Waals surface area contributed by atoms with Gasteiger partial charge in [-0.2, -0.15) is 5.10 Å². The number of amides is 1. The summed E-state index contributed by atoms with van der Waals surface area (Å²) in [6.45, 7) is 4.00. The number of hydrogen-bond donors (Lipinski definition) is 2. The van der Waals surface area contributed by atoms with Gasteiger partial charge in [-0.3, -0.25) is 9.89 Å². The van der Waals surface area contributed by atoms with Crippen LogP contribution >= 0.6 is 35.4 Å². The molecular formula is C14H16Cl2N4OS. The van der Waals surface area contributed by atoms with Gasteiger partial charge < -0.3 is 9.88 Å². The third kappa shape index (κ3) is 3.51. The Morgan fingerprint density at radius 3 is 2.55 bits per heavy atom. The first-order valence-corrected chi connectivity index (χ1v) is 7.85. The molecular weight excluding hydrogens is 343 g/mol. The Kier molecular flexibility index (Phi) is 5.26. The molecule has 0 aliphatic heterocycles. The highest BCUT2D eigenvalue weighted by atomic mass is 35.5. The van der Waals surface area contributed by atoms with E-state index in [0.29, 0.717) is 26.2 Å². The smallest absolute Gasteiger partial charge is 0.251 e. The van der Waals surface area contributed by atoms with Crippen molar-refractivity contribution < 1.29 is 4.79 Å². The standard InChI is InChI=1S/C14H16Cl2N4OS/c1-7(2)11(12-18-19-14(22)20(12)3)17-13(21)8-4-5-9(15)10(16)6-8/h4-7,11H,1-3H3,(H,17,21)(H,19,22)/t11-/m0/s1. The van der Waals surface area contributed by atoms with E-state index in [2.05, 4.69) is 15.5 Å². The fraction of sp³-hybridized carbons (Fsp3) is 0.357. The normalized spacial score (nSPS) is 12.5. The molecule has 2 aromatic rings. The van der Waals surface area contributed by atoms with E-state index in [1.54, 1.807) is 22.8 Å². The number of aromatic amines is 1. The van der Waals surface area contributed by atoms with Crippen LogP contribution in [0.2, 0.25) is 10.0 Å². The van der Waals surface area contributed by atoms with Crippen LogP contribution in [0, 0.1) is 10.7 Å². The molecule has 0 spiro atoms. The minimum Gasteiger partial charge on any atom is -0.342 e. The monoisotopic (exact) mass is 358 g/mol. The maximum Gasteiger partial charge on any atom is 0.251 e. The number of carbonyl (C=O) groups excluding carboxylic acids is 1. The largest absolute Gasteiger partial charge is 0.342 e. The Labute approximate surface area is 143 Å².